The molecule has 8 nitrogen and oxygen atoms in total. The van der Waals surface area contributed by atoms with Gasteiger partial charge in [0.15, 0.2) is 0 Å². The Morgan fingerprint density at radius 1 is 1.16 bits per heavy atom. The molecule has 3 aliphatic heterocycles. The Balaban J connectivity index is 1.23. The lowest BCUT2D eigenvalue weighted by Crippen LogP contribution is -2.64. The Kier molecular flexibility index (Phi) is 3.65. The molecule has 1 saturated heterocycles. The van der Waals surface area contributed by atoms with Crippen LogP contribution in [0.15, 0.2) is 48.8 Å². The van der Waals surface area contributed by atoms with E-state index in [0.29, 0.717) is 40.3 Å². The highest BCUT2D eigenvalue weighted by Gasteiger charge is 2.58. The average molecular weight is 506 g/mol. The molecule has 4 aromatic rings. The van der Waals surface area contributed by atoms with Crippen molar-refractivity contribution in [1.29, 1.82) is 0 Å². The number of benzene rings is 2. The zero-order chi connectivity index (χ0) is 28.3. The first-order chi connectivity index (χ1) is 19.6. The first-order valence-electron chi connectivity index (χ1n) is 14.3. The lowest BCUT2D eigenvalue weighted by atomic mass is 9.56. The van der Waals surface area contributed by atoms with Gasteiger partial charge in [0.2, 0.25) is 0 Å². The van der Waals surface area contributed by atoms with Gasteiger partial charge in [0.25, 0.3) is 5.91 Å². The quantitative estimate of drug-likeness (QED) is 0.418. The van der Waals surface area contributed by atoms with Gasteiger partial charge in [0, 0.05) is 57.6 Å². The number of nitrogens with zero attached hydrogens (tertiary/aromatic N) is 5. The minimum atomic E-state index is -2.65. The van der Waals surface area contributed by atoms with Crippen molar-refractivity contribution in [3.63, 3.8) is 0 Å². The zero-order valence-corrected chi connectivity index (χ0v) is 20.5. The van der Waals surface area contributed by atoms with E-state index in [1.807, 2.05) is 22.8 Å². The molecular weight excluding hydrogens is 476 g/mol. The summed E-state index contributed by atoms with van der Waals surface area (Å²) in [4.78, 5) is 28.7. The van der Waals surface area contributed by atoms with Crippen LogP contribution in [0.4, 0.5) is 0 Å². The number of nitrogens with two attached hydrogens (primary N) is 1. The van der Waals surface area contributed by atoms with E-state index in [1.54, 1.807) is 30.6 Å². The molecular formula is C30H26N6O2. The van der Waals surface area contributed by atoms with Crippen molar-refractivity contribution in [2.45, 2.75) is 36.9 Å². The van der Waals surface area contributed by atoms with Gasteiger partial charge in [-0.05, 0) is 42.7 Å². The predicted octanol–water partition coefficient (Wildman–Crippen LogP) is 3.56. The van der Waals surface area contributed by atoms with Gasteiger partial charge in [-0.2, -0.15) is 0 Å². The summed E-state index contributed by atoms with van der Waals surface area (Å²) >= 11 is 0. The summed E-state index contributed by atoms with van der Waals surface area (Å²) in [6, 6.07) is 9.96. The van der Waals surface area contributed by atoms with Gasteiger partial charge in [0.1, 0.15) is 11.6 Å². The number of rotatable bonds is 2. The van der Waals surface area contributed by atoms with E-state index in [-0.39, 0.29) is 11.5 Å². The highest BCUT2D eigenvalue weighted by atomic mass is 16.5. The topological polar surface area (TPSA) is 99.2 Å². The molecule has 2 aromatic heterocycles. The molecule has 0 radical (unpaired) electrons. The van der Waals surface area contributed by atoms with Gasteiger partial charge < -0.3 is 19.9 Å². The van der Waals surface area contributed by atoms with Crippen LogP contribution < -0.4 is 5.73 Å². The molecule has 2 atom stereocenters. The third-order valence-corrected chi connectivity index (χ3v) is 8.76. The zero-order valence-electron chi connectivity index (χ0n) is 23.5. The van der Waals surface area contributed by atoms with E-state index in [9.17, 15) is 4.79 Å². The smallest absolute Gasteiger partial charge is 0.254 e. The fraction of sp³-hybridized carbons (Fsp3) is 0.333. The number of fused-ring (bicyclic) bond motifs is 9. The number of hydrogen-bond donors (Lipinski definition) is 1. The Labute approximate surface area is 224 Å². The standard InChI is InChI=1S/C30H26N6O2/c1-3-17-5-4-6-20-25(17)23-10-24(35(2)27(20)37)26-34-21-8-7-18(9-22(21)36(23)26)19-11-32-28(33-12-19)30(31)13-29(14-30)15-38-16-29/h1,4-9,11-12,23-24H,10,13-16,31H2,2H3/t23-,24-/m1/s1/i2D3. The molecule has 8 rings (SSSR count). The first-order valence-corrected chi connectivity index (χ1v) is 12.8. The van der Waals surface area contributed by atoms with E-state index < -0.39 is 24.5 Å². The van der Waals surface area contributed by atoms with Gasteiger partial charge in [-0.25, -0.2) is 15.0 Å². The number of ether oxygens (including phenoxy) is 1. The van der Waals surface area contributed by atoms with Crippen molar-refractivity contribution in [3.05, 3.63) is 77.1 Å². The van der Waals surface area contributed by atoms with E-state index in [2.05, 4.69) is 15.9 Å². The van der Waals surface area contributed by atoms with Crippen molar-refractivity contribution >= 4 is 16.9 Å². The lowest BCUT2D eigenvalue weighted by Gasteiger charge is -2.57. The molecule has 2 bridgehead atoms. The van der Waals surface area contributed by atoms with E-state index in [4.69, 9.17) is 26.0 Å². The van der Waals surface area contributed by atoms with Crippen LogP contribution in [0.25, 0.3) is 22.2 Å². The van der Waals surface area contributed by atoms with Crippen molar-refractivity contribution in [1.82, 2.24) is 24.4 Å². The van der Waals surface area contributed by atoms with Gasteiger partial charge in [0.05, 0.1) is 41.9 Å². The number of imidazole rings is 1. The van der Waals surface area contributed by atoms with E-state index >= 15 is 0 Å². The van der Waals surface area contributed by atoms with Crippen molar-refractivity contribution in [3.8, 4) is 23.5 Å². The lowest BCUT2D eigenvalue weighted by molar-refractivity contribution is -0.189. The Hall–Kier alpha value is -4.06. The second-order valence-corrected chi connectivity index (χ2v) is 11.2. The van der Waals surface area contributed by atoms with Crippen LogP contribution in [-0.4, -0.2) is 50.5 Å². The SMILES string of the molecule is [2H]C([2H])([2H])N1C(=O)c2cccc(C#C)c2[C@H]2C[C@@H]1c1nc3ccc(-c4cnc(C5(N)CC6(COC6)C5)nc4)cc3n12. The monoisotopic (exact) mass is 505 g/mol. The third-order valence-electron chi connectivity index (χ3n) is 8.76. The number of hydrogen-bond acceptors (Lipinski definition) is 6. The summed E-state index contributed by atoms with van der Waals surface area (Å²) in [5.74, 6) is 3.34. The molecule has 1 spiro atoms. The van der Waals surface area contributed by atoms with Crippen LogP contribution >= 0.6 is 0 Å². The summed E-state index contributed by atoms with van der Waals surface area (Å²) in [6.45, 7) is -1.13. The maximum Gasteiger partial charge on any atom is 0.254 e. The molecule has 1 saturated carbocycles. The molecule has 5 heterocycles. The van der Waals surface area contributed by atoms with Gasteiger partial charge in [-0.1, -0.05) is 18.1 Å². The molecule has 8 heteroatoms. The molecule has 1 amide bonds. The Morgan fingerprint density at radius 3 is 2.68 bits per heavy atom. The van der Waals surface area contributed by atoms with Gasteiger partial charge >= 0.3 is 0 Å². The van der Waals surface area contributed by atoms with Crippen molar-refractivity contribution in [2.75, 3.05) is 20.2 Å². The number of amides is 1. The number of terminal acetylenes is 1. The number of carbonyl (C=O) groups excluding carboxylic acids is 1. The maximum absolute atomic E-state index is 13.6. The van der Waals surface area contributed by atoms with Crippen LogP contribution in [0.3, 0.4) is 0 Å². The van der Waals surface area contributed by atoms with Crippen LogP contribution in [0.2, 0.25) is 0 Å². The second-order valence-electron chi connectivity index (χ2n) is 11.2. The highest BCUT2D eigenvalue weighted by Crippen LogP contribution is 2.55. The summed E-state index contributed by atoms with van der Waals surface area (Å²) in [5.41, 5.74) is 11.1. The molecule has 4 aliphatic rings. The molecule has 1 aliphatic carbocycles. The molecule has 2 N–H and O–H groups in total. The number of aromatic nitrogens is 4. The van der Waals surface area contributed by atoms with Gasteiger partial charge in [-0.15, -0.1) is 6.42 Å². The Bertz CT molecular complexity index is 1810. The van der Waals surface area contributed by atoms with Crippen LogP contribution in [0.5, 0.6) is 0 Å². The highest BCUT2D eigenvalue weighted by molar-refractivity contribution is 5.98. The van der Waals surface area contributed by atoms with Crippen molar-refractivity contribution in [2.24, 2.45) is 11.1 Å². The normalized spacial score (nSPS) is 25.3. The second kappa shape index (κ2) is 7.28. The predicted molar refractivity (Wildman–Crippen MR) is 141 cm³/mol. The first kappa shape index (κ1) is 19.1. The molecule has 188 valence electrons. The fourth-order valence-electron chi connectivity index (χ4n) is 7.03. The summed E-state index contributed by atoms with van der Waals surface area (Å²) in [5, 5.41) is 0. The molecule has 2 aromatic carbocycles. The van der Waals surface area contributed by atoms with Gasteiger partial charge in [-0.3, -0.25) is 4.79 Å². The molecule has 0 unspecified atom stereocenters. The maximum atomic E-state index is 13.6. The van der Waals surface area contributed by atoms with Crippen LogP contribution in [0, 0.1) is 17.8 Å². The summed E-state index contributed by atoms with van der Waals surface area (Å²) < 4.78 is 32.1. The minimum absolute atomic E-state index is 0.193. The molecule has 2 fully saturated rings. The fourth-order valence-corrected chi connectivity index (χ4v) is 7.03. The third kappa shape index (κ3) is 2.78. The van der Waals surface area contributed by atoms with E-state index in [0.717, 1.165) is 47.6 Å². The number of carbonyl (C=O) groups is 1. The minimum Gasteiger partial charge on any atom is -0.380 e. The summed E-state index contributed by atoms with van der Waals surface area (Å²) in [6.07, 6.45) is 11.5. The van der Waals surface area contributed by atoms with E-state index in [1.165, 1.54) is 0 Å². The molecule has 38 heavy (non-hydrogen) atoms. The van der Waals surface area contributed by atoms with Crippen LogP contribution in [0.1, 0.15) is 68.6 Å². The Morgan fingerprint density at radius 2 is 1.97 bits per heavy atom. The van der Waals surface area contributed by atoms with Crippen molar-refractivity contribution < 1.29 is 13.6 Å². The summed E-state index contributed by atoms with van der Waals surface area (Å²) in [7, 11) is 0. The average Bonchev–Trinajstić information content (AvgIpc) is 3.42. The largest absolute Gasteiger partial charge is 0.380 e. The van der Waals surface area contributed by atoms with Crippen LogP contribution in [-0.2, 0) is 10.3 Å².